The van der Waals surface area contributed by atoms with Crippen LogP contribution in [0.15, 0.2) is 60.8 Å². The predicted molar refractivity (Wildman–Crippen MR) is 93.8 cm³/mol. The number of rotatable bonds is 4. The van der Waals surface area contributed by atoms with Crippen molar-refractivity contribution in [2.24, 2.45) is 5.73 Å². The molecule has 24 heavy (non-hydrogen) atoms. The highest BCUT2D eigenvalue weighted by atomic mass is 16.3. The van der Waals surface area contributed by atoms with Crippen LogP contribution < -0.4 is 5.73 Å². The number of aliphatic hydroxyl groups excluding tert-OH is 1. The van der Waals surface area contributed by atoms with Crippen molar-refractivity contribution in [1.82, 2.24) is 4.98 Å². The van der Waals surface area contributed by atoms with E-state index in [1.54, 1.807) is 24.4 Å². The lowest BCUT2D eigenvalue weighted by Crippen LogP contribution is -2.11. The summed E-state index contributed by atoms with van der Waals surface area (Å²) < 4.78 is 0. The molecule has 4 N–H and O–H groups in total. The zero-order valence-corrected chi connectivity index (χ0v) is 13.2. The van der Waals surface area contributed by atoms with Gasteiger partial charge in [0.05, 0.1) is 5.56 Å². The fourth-order valence-corrected chi connectivity index (χ4v) is 2.26. The highest BCUT2D eigenvalue weighted by Crippen LogP contribution is 2.25. The van der Waals surface area contributed by atoms with Crippen molar-refractivity contribution in [1.29, 1.82) is 0 Å². The maximum Gasteiger partial charge on any atom is 0.252 e. The van der Waals surface area contributed by atoms with Crippen LogP contribution in [0.3, 0.4) is 0 Å². The quantitative estimate of drug-likeness (QED) is 0.687. The van der Waals surface area contributed by atoms with Gasteiger partial charge in [-0.3, -0.25) is 9.78 Å². The van der Waals surface area contributed by atoms with E-state index in [-0.39, 0.29) is 17.9 Å². The Morgan fingerprint density at radius 3 is 2.46 bits per heavy atom. The zero-order chi connectivity index (χ0) is 17.4. The van der Waals surface area contributed by atoms with E-state index in [1.807, 2.05) is 18.2 Å². The Labute approximate surface area is 140 Å². The van der Waals surface area contributed by atoms with Gasteiger partial charge >= 0.3 is 0 Å². The summed E-state index contributed by atoms with van der Waals surface area (Å²) in [6, 6.07) is 16.9. The van der Waals surface area contributed by atoms with Crippen molar-refractivity contribution in [2.75, 3.05) is 6.61 Å². The molecule has 0 radical (unpaired) electrons. The van der Waals surface area contributed by atoms with Crippen LogP contribution in [0, 0.1) is 0 Å². The third-order valence-electron chi connectivity index (χ3n) is 3.48. The summed E-state index contributed by atoms with van der Waals surface area (Å²) in [5.41, 5.74) is 6.87. The number of hydrogen-bond donors (Lipinski definition) is 3. The lowest BCUT2D eigenvalue weighted by Gasteiger charge is -2.03. The molecule has 3 rings (SSSR count). The second-order valence-electron chi connectivity index (χ2n) is 5.21. The van der Waals surface area contributed by atoms with Gasteiger partial charge in [0.2, 0.25) is 0 Å². The van der Waals surface area contributed by atoms with Crippen LogP contribution in [0.4, 0.5) is 0 Å². The number of carbonyl (C=O) groups excluding carboxylic acids is 1. The topological polar surface area (TPSA) is 96.4 Å². The van der Waals surface area contributed by atoms with Crippen molar-refractivity contribution in [3.63, 3.8) is 0 Å². The fraction of sp³-hybridized carbons (Fsp3) is 0.158. The van der Waals surface area contributed by atoms with Gasteiger partial charge in [-0.2, -0.15) is 0 Å². The van der Waals surface area contributed by atoms with Gasteiger partial charge in [-0.25, -0.2) is 0 Å². The normalized spacial score (nSPS) is 10.0. The zero-order valence-electron chi connectivity index (χ0n) is 13.2. The molecule has 5 nitrogen and oxygen atoms in total. The van der Waals surface area contributed by atoms with Gasteiger partial charge < -0.3 is 15.9 Å². The number of fused-ring (bicyclic) bond motifs is 1. The fourth-order valence-electron chi connectivity index (χ4n) is 2.26. The van der Waals surface area contributed by atoms with Gasteiger partial charge in [0.1, 0.15) is 5.52 Å². The third-order valence-corrected chi connectivity index (χ3v) is 3.48. The first-order chi connectivity index (χ1) is 11.6. The van der Waals surface area contributed by atoms with E-state index in [0.29, 0.717) is 5.52 Å². The van der Waals surface area contributed by atoms with Crippen molar-refractivity contribution >= 4 is 16.8 Å². The van der Waals surface area contributed by atoms with Gasteiger partial charge in [0.25, 0.3) is 5.91 Å². The molecule has 0 aliphatic heterocycles. The summed E-state index contributed by atoms with van der Waals surface area (Å²) in [5, 5.41) is 19.0. The van der Waals surface area contributed by atoms with Crippen LogP contribution in [0.5, 0.6) is 5.75 Å². The molecule has 1 heterocycles. The molecule has 0 unspecified atom stereocenters. The Morgan fingerprint density at radius 1 is 1.04 bits per heavy atom. The molecule has 5 heteroatoms. The number of amides is 1. The first-order valence-electron chi connectivity index (χ1n) is 7.64. The van der Waals surface area contributed by atoms with E-state index < -0.39 is 5.91 Å². The van der Waals surface area contributed by atoms with Crippen LogP contribution >= 0.6 is 0 Å². The number of hydrogen-bond acceptors (Lipinski definition) is 4. The van der Waals surface area contributed by atoms with Gasteiger partial charge in [-0.05, 0) is 30.5 Å². The minimum Gasteiger partial charge on any atom is -0.505 e. The van der Waals surface area contributed by atoms with Gasteiger partial charge in [0, 0.05) is 18.2 Å². The van der Waals surface area contributed by atoms with Gasteiger partial charge in [0.15, 0.2) is 5.75 Å². The number of phenols is 1. The highest BCUT2D eigenvalue weighted by Gasteiger charge is 2.10. The van der Waals surface area contributed by atoms with Crippen LogP contribution in [0.25, 0.3) is 10.9 Å². The number of aromatic nitrogens is 1. The molecule has 0 bridgehead atoms. The Hall–Kier alpha value is -2.92. The second-order valence-corrected chi connectivity index (χ2v) is 5.21. The predicted octanol–water partition coefficient (Wildman–Crippen LogP) is 2.65. The number of aryl methyl sites for hydroxylation is 1. The van der Waals surface area contributed by atoms with E-state index in [9.17, 15) is 9.90 Å². The average molecular weight is 324 g/mol. The van der Waals surface area contributed by atoms with Crippen LogP contribution in [-0.2, 0) is 6.42 Å². The summed E-state index contributed by atoms with van der Waals surface area (Å²) in [5.74, 6) is -0.814. The van der Waals surface area contributed by atoms with E-state index in [1.165, 1.54) is 11.6 Å². The molecule has 3 aromatic rings. The van der Waals surface area contributed by atoms with E-state index in [4.69, 9.17) is 10.8 Å². The van der Waals surface area contributed by atoms with Crippen molar-refractivity contribution in [3.05, 3.63) is 71.9 Å². The summed E-state index contributed by atoms with van der Waals surface area (Å²) in [4.78, 5) is 14.9. The van der Waals surface area contributed by atoms with Crippen molar-refractivity contribution < 1.29 is 15.0 Å². The molecule has 1 amide bonds. The number of pyridine rings is 1. The van der Waals surface area contributed by atoms with Gasteiger partial charge in [-0.15, -0.1) is 0 Å². The van der Waals surface area contributed by atoms with Crippen molar-refractivity contribution in [3.8, 4) is 5.75 Å². The second kappa shape index (κ2) is 8.64. The van der Waals surface area contributed by atoms with Crippen LogP contribution in [-0.4, -0.2) is 27.7 Å². The SMILES string of the molecule is NC(=O)c1ccc2cccnc2c1O.OCCCc1ccccc1. The first-order valence-corrected chi connectivity index (χ1v) is 7.64. The standard InChI is InChI=1S/C10H8N2O2.C9H12O/c11-10(14)7-4-3-6-2-1-5-12-8(6)9(7)13;10-8-4-7-9-5-2-1-3-6-9/h1-5,13H,(H2,11,14);1-3,5-6,10H,4,7-8H2. The molecule has 0 spiro atoms. The molecule has 0 saturated heterocycles. The molecule has 0 aliphatic rings. The smallest absolute Gasteiger partial charge is 0.252 e. The molecule has 1 aromatic heterocycles. The lowest BCUT2D eigenvalue weighted by atomic mass is 10.1. The van der Waals surface area contributed by atoms with Crippen LogP contribution in [0.2, 0.25) is 0 Å². The molecular formula is C19H20N2O3. The highest BCUT2D eigenvalue weighted by molar-refractivity contribution is 6.01. The monoisotopic (exact) mass is 324 g/mol. The van der Waals surface area contributed by atoms with E-state index in [2.05, 4.69) is 17.1 Å². The number of carbonyl (C=O) groups is 1. The van der Waals surface area contributed by atoms with Crippen molar-refractivity contribution in [2.45, 2.75) is 12.8 Å². The summed E-state index contributed by atoms with van der Waals surface area (Å²) >= 11 is 0. The molecule has 2 aromatic carbocycles. The van der Waals surface area contributed by atoms with Gasteiger partial charge in [-0.1, -0.05) is 42.5 Å². The molecule has 0 saturated carbocycles. The number of aromatic hydroxyl groups is 1. The third kappa shape index (κ3) is 4.54. The maximum atomic E-state index is 10.9. The van der Waals surface area contributed by atoms with E-state index >= 15 is 0 Å². The minimum absolute atomic E-state index is 0.0937. The average Bonchev–Trinajstić information content (AvgIpc) is 2.61. The molecular weight excluding hydrogens is 304 g/mol. The molecule has 0 aliphatic carbocycles. The molecule has 124 valence electrons. The number of nitrogens with zero attached hydrogens (tertiary/aromatic N) is 1. The Bertz CT molecular complexity index is 804. The summed E-state index contributed by atoms with van der Waals surface area (Å²) in [6.45, 7) is 0.287. The largest absolute Gasteiger partial charge is 0.505 e. The Kier molecular flexibility index (Phi) is 6.28. The summed E-state index contributed by atoms with van der Waals surface area (Å²) in [6.07, 6.45) is 3.40. The summed E-state index contributed by atoms with van der Waals surface area (Å²) in [7, 11) is 0. The number of primary amides is 1. The maximum absolute atomic E-state index is 10.9. The Morgan fingerprint density at radius 2 is 1.79 bits per heavy atom. The lowest BCUT2D eigenvalue weighted by molar-refractivity contribution is 0.0998. The molecule has 0 fully saturated rings. The van der Waals surface area contributed by atoms with E-state index in [0.717, 1.165) is 18.2 Å². The molecule has 0 atom stereocenters. The first kappa shape index (κ1) is 17.4. The minimum atomic E-state index is -0.657. The number of benzene rings is 2. The van der Waals surface area contributed by atoms with Crippen LogP contribution in [0.1, 0.15) is 22.3 Å². The Balaban J connectivity index is 0.000000185. The number of aliphatic hydroxyl groups is 1. The number of nitrogens with two attached hydrogens (primary N) is 1.